The van der Waals surface area contributed by atoms with Crippen molar-refractivity contribution < 1.29 is 13.2 Å². The normalized spacial score (nSPS) is 10.8. The highest BCUT2D eigenvalue weighted by atomic mass is 32.2. The van der Waals surface area contributed by atoms with E-state index < -0.39 is 10.0 Å². The van der Waals surface area contributed by atoms with Crippen LogP contribution in [-0.2, 0) is 14.8 Å². The van der Waals surface area contributed by atoms with E-state index in [4.69, 9.17) is 11.0 Å². The highest BCUT2D eigenvalue weighted by Crippen LogP contribution is 2.19. The summed E-state index contributed by atoms with van der Waals surface area (Å²) in [5.41, 5.74) is 5.81. The number of benzene rings is 1. The zero-order chi connectivity index (χ0) is 14.6. The second-order valence-electron chi connectivity index (χ2n) is 3.98. The largest absolute Gasteiger partial charge is 0.398 e. The number of hydrogen-bond donors (Lipinski definition) is 2. The number of carbonyl (C=O) groups is 1. The van der Waals surface area contributed by atoms with Crippen molar-refractivity contribution in [2.75, 3.05) is 26.4 Å². The van der Waals surface area contributed by atoms with Crippen molar-refractivity contribution in [1.29, 1.82) is 5.26 Å². The Morgan fingerprint density at radius 3 is 2.58 bits per heavy atom. The van der Waals surface area contributed by atoms with Crippen molar-refractivity contribution in [2.24, 2.45) is 0 Å². The van der Waals surface area contributed by atoms with E-state index in [-0.39, 0.29) is 28.6 Å². The van der Waals surface area contributed by atoms with E-state index in [9.17, 15) is 13.2 Å². The van der Waals surface area contributed by atoms with E-state index in [1.54, 1.807) is 0 Å². The van der Waals surface area contributed by atoms with Gasteiger partial charge in [-0.2, -0.15) is 5.26 Å². The molecule has 0 aliphatic heterocycles. The van der Waals surface area contributed by atoms with Gasteiger partial charge in [-0.3, -0.25) is 4.79 Å². The molecular weight excluding hydrogens is 268 g/mol. The third-order valence-corrected chi connectivity index (χ3v) is 3.82. The number of nitrogen functional groups attached to an aromatic ring is 1. The number of likely N-dealkylation sites (N-methyl/N-ethyl adjacent to an activating group) is 1. The molecule has 1 aromatic rings. The standard InChI is InChI=1S/C11H14N4O3S/c1-15(2)11(16)7-14-19(17,18)10-4-3-8(6-12)5-9(10)13/h3-5,14H,7,13H2,1-2H3. The Bertz CT molecular complexity index is 632. The van der Waals surface area contributed by atoms with E-state index in [0.717, 1.165) is 0 Å². The van der Waals surface area contributed by atoms with Crippen molar-refractivity contribution in [2.45, 2.75) is 4.90 Å². The SMILES string of the molecule is CN(C)C(=O)CNS(=O)(=O)c1ccc(C#N)cc1N. The van der Waals surface area contributed by atoms with Crippen LogP contribution in [0.25, 0.3) is 0 Å². The second-order valence-corrected chi connectivity index (χ2v) is 5.71. The summed E-state index contributed by atoms with van der Waals surface area (Å²) in [5.74, 6) is -0.379. The third kappa shape index (κ3) is 3.67. The zero-order valence-corrected chi connectivity index (χ0v) is 11.4. The molecule has 0 aromatic heterocycles. The van der Waals surface area contributed by atoms with E-state index >= 15 is 0 Å². The Hall–Kier alpha value is -2.11. The van der Waals surface area contributed by atoms with Crippen LogP contribution in [0, 0.1) is 11.3 Å². The number of anilines is 1. The first kappa shape index (κ1) is 14.9. The van der Waals surface area contributed by atoms with Crippen LogP contribution >= 0.6 is 0 Å². The summed E-state index contributed by atoms with van der Waals surface area (Å²) in [7, 11) is -0.835. The monoisotopic (exact) mass is 282 g/mol. The van der Waals surface area contributed by atoms with Gasteiger partial charge >= 0.3 is 0 Å². The summed E-state index contributed by atoms with van der Waals surface area (Å²) in [4.78, 5) is 12.4. The van der Waals surface area contributed by atoms with Gasteiger partial charge in [0.2, 0.25) is 15.9 Å². The maximum Gasteiger partial charge on any atom is 0.243 e. The Balaban J connectivity index is 2.96. The van der Waals surface area contributed by atoms with Crippen molar-refractivity contribution in [1.82, 2.24) is 9.62 Å². The minimum atomic E-state index is -3.88. The molecule has 3 N–H and O–H groups in total. The molecule has 1 amide bonds. The second kappa shape index (κ2) is 5.69. The Labute approximate surface area is 111 Å². The van der Waals surface area contributed by atoms with Gasteiger partial charge in [0.25, 0.3) is 0 Å². The molecule has 1 aromatic carbocycles. The summed E-state index contributed by atoms with van der Waals surface area (Å²) in [5, 5.41) is 8.67. The average Bonchev–Trinajstić information content (AvgIpc) is 2.35. The van der Waals surface area contributed by atoms with Crippen LogP contribution in [0.1, 0.15) is 5.56 Å². The van der Waals surface area contributed by atoms with Crippen LogP contribution in [0.2, 0.25) is 0 Å². The number of rotatable bonds is 4. The molecule has 0 radical (unpaired) electrons. The van der Waals surface area contributed by atoms with Gasteiger partial charge in [-0.15, -0.1) is 0 Å². The molecule has 8 heteroatoms. The van der Waals surface area contributed by atoms with Crippen molar-refractivity contribution in [3.8, 4) is 6.07 Å². The molecule has 102 valence electrons. The first-order valence-corrected chi connectivity index (χ1v) is 6.75. The molecule has 0 bridgehead atoms. The lowest BCUT2D eigenvalue weighted by molar-refractivity contribution is -0.127. The van der Waals surface area contributed by atoms with E-state index in [1.165, 1.54) is 37.2 Å². The fourth-order valence-electron chi connectivity index (χ4n) is 1.26. The summed E-state index contributed by atoms with van der Waals surface area (Å²) in [6, 6.07) is 5.70. The highest BCUT2D eigenvalue weighted by molar-refractivity contribution is 7.89. The molecule has 0 unspecified atom stereocenters. The van der Waals surface area contributed by atoms with Crippen LogP contribution in [0.15, 0.2) is 23.1 Å². The molecule has 0 saturated heterocycles. The number of nitriles is 1. The maximum atomic E-state index is 11.9. The molecule has 0 heterocycles. The summed E-state index contributed by atoms with van der Waals surface area (Å²) in [6.07, 6.45) is 0. The smallest absolute Gasteiger partial charge is 0.243 e. The van der Waals surface area contributed by atoms with Crippen LogP contribution in [0.4, 0.5) is 5.69 Å². The van der Waals surface area contributed by atoms with Gasteiger partial charge in [-0.1, -0.05) is 0 Å². The molecule has 0 atom stereocenters. The quantitative estimate of drug-likeness (QED) is 0.723. The molecule has 0 fully saturated rings. The Morgan fingerprint density at radius 2 is 2.11 bits per heavy atom. The molecule has 19 heavy (non-hydrogen) atoms. The first-order valence-electron chi connectivity index (χ1n) is 5.27. The molecule has 1 rings (SSSR count). The van der Waals surface area contributed by atoms with E-state index in [1.807, 2.05) is 6.07 Å². The van der Waals surface area contributed by atoms with Crippen LogP contribution in [0.5, 0.6) is 0 Å². The van der Waals surface area contributed by atoms with Crippen molar-refractivity contribution in [3.05, 3.63) is 23.8 Å². The number of hydrogen-bond acceptors (Lipinski definition) is 5. The van der Waals surface area contributed by atoms with Crippen molar-refractivity contribution in [3.63, 3.8) is 0 Å². The number of amides is 1. The lowest BCUT2D eigenvalue weighted by Crippen LogP contribution is -2.36. The molecule has 0 aliphatic carbocycles. The van der Waals surface area contributed by atoms with Crippen LogP contribution in [-0.4, -0.2) is 39.9 Å². The van der Waals surface area contributed by atoms with Gasteiger partial charge in [0, 0.05) is 14.1 Å². The van der Waals surface area contributed by atoms with Gasteiger partial charge in [-0.25, -0.2) is 13.1 Å². The molecule has 0 spiro atoms. The minimum absolute atomic E-state index is 0.0381. The predicted molar refractivity (Wildman–Crippen MR) is 69.5 cm³/mol. The zero-order valence-electron chi connectivity index (χ0n) is 10.5. The summed E-state index contributed by atoms with van der Waals surface area (Å²) in [6.45, 7) is -0.352. The first-order chi connectivity index (χ1) is 8.77. The van der Waals surface area contributed by atoms with Gasteiger partial charge in [0.1, 0.15) is 4.90 Å². The lowest BCUT2D eigenvalue weighted by Gasteiger charge is -2.12. The summed E-state index contributed by atoms with van der Waals surface area (Å²) >= 11 is 0. The number of nitrogens with two attached hydrogens (primary N) is 1. The number of sulfonamides is 1. The molecular formula is C11H14N4O3S. The Morgan fingerprint density at radius 1 is 1.47 bits per heavy atom. The number of carbonyl (C=O) groups excluding carboxylic acids is 1. The average molecular weight is 282 g/mol. The lowest BCUT2D eigenvalue weighted by atomic mass is 10.2. The van der Waals surface area contributed by atoms with E-state index in [2.05, 4.69) is 4.72 Å². The molecule has 7 nitrogen and oxygen atoms in total. The fourth-order valence-corrected chi connectivity index (χ4v) is 2.34. The third-order valence-electron chi connectivity index (χ3n) is 2.34. The van der Waals surface area contributed by atoms with Gasteiger partial charge < -0.3 is 10.6 Å². The van der Waals surface area contributed by atoms with Gasteiger partial charge in [0.05, 0.1) is 23.9 Å². The van der Waals surface area contributed by atoms with Crippen molar-refractivity contribution >= 4 is 21.6 Å². The highest BCUT2D eigenvalue weighted by Gasteiger charge is 2.19. The number of nitrogens with zero attached hydrogens (tertiary/aromatic N) is 2. The minimum Gasteiger partial charge on any atom is -0.398 e. The topological polar surface area (TPSA) is 116 Å². The van der Waals surface area contributed by atoms with Gasteiger partial charge in [0.15, 0.2) is 0 Å². The van der Waals surface area contributed by atoms with Crippen LogP contribution in [0.3, 0.4) is 0 Å². The molecule has 0 saturated carbocycles. The predicted octanol–water partition coefficient (Wildman–Crippen LogP) is -0.493. The molecule has 0 aliphatic rings. The van der Waals surface area contributed by atoms with E-state index in [0.29, 0.717) is 0 Å². The Kier molecular flexibility index (Phi) is 4.47. The number of nitrogens with one attached hydrogen (secondary N) is 1. The summed E-state index contributed by atoms with van der Waals surface area (Å²) < 4.78 is 26.0. The maximum absolute atomic E-state index is 11.9. The van der Waals surface area contributed by atoms with Gasteiger partial charge in [-0.05, 0) is 18.2 Å². The fraction of sp³-hybridized carbons (Fsp3) is 0.273. The van der Waals surface area contributed by atoms with Crippen LogP contribution < -0.4 is 10.5 Å².